The molecule has 13 heavy (non-hydrogen) atoms. The summed E-state index contributed by atoms with van der Waals surface area (Å²) in [4.78, 5) is 2.19. The van der Waals surface area contributed by atoms with Crippen molar-refractivity contribution >= 4 is 17.3 Å². The Hall–Kier alpha value is -0.770. The molecule has 0 aromatic heterocycles. The second kappa shape index (κ2) is 3.96. The Balaban J connectivity index is 2.14. The smallest absolute Gasteiger partial charge is 0.0704 e. The monoisotopic (exact) mass is 197 g/mol. The van der Waals surface area contributed by atoms with Crippen LogP contribution in [0, 0.1) is 0 Å². The Morgan fingerprint density at radius 1 is 1.23 bits per heavy atom. The van der Waals surface area contributed by atoms with Gasteiger partial charge in [-0.3, -0.25) is 10.6 Å². The minimum Gasteiger partial charge on any atom is -0.346 e. The maximum atomic E-state index is 5.90. The van der Waals surface area contributed by atoms with Crippen LogP contribution in [-0.4, -0.2) is 20.0 Å². The predicted molar refractivity (Wildman–Crippen MR) is 54.8 cm³/mol. The molecule has 0 amide bonds. The van der Waals surface area contributed by atoms with Gasteiger partial charge in [0.1, 0.15) is 0 Å². The number of rotatable bonds is 1. The van der Waals surface area contributed by atoms with Gasteiger partial charge in [-0.25, -0.2) is 0 Å². The molecule has 0 spiro atoms. The third-order valence-corrected chi connectivity index (χ3v) is 2.26. The van der Waals surface area contributed by atoms with E-state index in [0.717, 1.165) is 30.7 Å². The van der Waals surface area contributed by atoms with Crippen molar-refractivity contribution in [1.82, 2.24) is 10.6 Å². The van der Waals surface area contributed by atoms with Gasteiger partial charge in [0.2, 0.25) is 0 Å². The number of halogens is 1. The van der Waals surface area contributed by atoms with Crippen LogP contribution in [0.25, 0.3) is 0 Å². The molecule has 2 rings (SSSR count). The first kappa shape index (κ1) is 8.81. The van der Waals surface area contributed by atoms with Gasteiger partial charge < -0.3 is 4.90 Å². The summed E-state index contributed by atoms with van der Waals surface area (Å²) in [5.74, 6) is 0. The molecular weight excluding hydrogens is 186 g/mol. The summed E-state index contributed by atoms with van der Waals surface area (Å²) in [5.41, 5.74) is 1.15. The van der Waals surface area contributed by atoms with E-state index in [1.165, 1.54) is 0 Å². The third kappa shape index (κ3) is 2.12. The lowest BCUT2D eigenvalue weighted by Crippen LogP contribution is -2.50. The van der Waals surface area contributed by atoms with Gasteiger partial charge in [-0.2, -0.15) is 0 Å². The number of anilines is 1. The summed E-state index contributed by atoms with van der Waals surface area (Å²) in [5, 5.41) is 7.23. The van der Waals surface area contributed by atoms with Gasteiger partial charge in [-0.05, 0) is 18.2 Å². The van der Waals surface area contributed by atoms with Crippen molar-refractivity contribution in [3.63, 3.8) is 0 Å². The quantitative estimate of drug-likeness (QED) is 0.709. The van der Waals surface area contributed by atoms with Gasteiger partial charge in [0.25, 0.3) is 0 Å². The van der Waals surface area contributed by atoms with Gasteiger partial charge in [-0.15, -0.1) is 0 Å². The highest BCUT2D eigenvalue weighted by atomic mass is 35.5. The summed E-state index contributed by atoms with van der Waals surface area (Å²) in [7, 11) is 0. The maximum Gasteiger partial charge on any atom is 0.0704 e. The Bertz CT molecular complexity index is 284. The van der Waals surface area contributed by atoms with Crippen LogP contribution in [0.5, 0.6) is 0 Å². The fraction of sp³-hybridized carbons (Fsp3) is 0.333. The fourth-order valence-corrected chi connectivity index (χ4v) is 1.57. The van der Waals surface area contributed by atoms with Gasteiger partial charge >= 0.3 is 0 Å². The fourth-order valence-electron chi connectivity index (χ4n) is 1.38. The molecule has 1 saturated heterocycles. The standard InChI is InChI=1S/C9H12ClN3/c10-8-2-1-3-9(4-8)13-6-11-5-12-7-13/h1-4,11-12H,5-7H2. The number of hydrogen-bond donors (Lipinski definition) is 2. The van der Waals surface area contributed by atoms with E-state index in [0.29, 0.717) is 0 Å². The van der Waals surface area contributed by atoms with E-state index in [1.54, 1.807) is 0 Å². The van der Waals surface area contributed by atoms with Crippen LogP contribution in [0.3, 0.4) is 0 Å². The van der Waals surface area contributed by atoms with Crippen molar-refractivity contribution < 1.29 is 0 Å². The van der Waals surface area contributed by atoms with Crippen LogP contribution >= 0.6 is 11.6 Å². The molecule has 1 aromatic rings. The molecule has 0 unspecified atom stereocenters. The van der Waals surface area contributed by atoms with Crippen LogP contribution in [0.4, 0.5) is 5.69 Å². The largest absolute Gasteiger partial charge is 0.346 e. The zero-order valence-electron chi connectivity index (χ0n) is 7.26. The van der Waals surface area contributed by atoms with Gasteiger partial charge in [0, 0.05) is 17.4 Å². The zero-order chi connectivity index (χ0) is 9.10. The first-order valence-corrected chi connectivity index (χ1v) is 4.66. The van der Waals surface area contributed by atoms with E-state index >= 15 is 0 Å². The van der Waals surface area contributed by atoms with Crippen LogP contribution in [-0.2, 0) is 0 Å². The topological polar surface area (TPSA) is 27.3 Å². The summed E-state index contributed by atoms with van der Waals surface area (Å²) in [6, 6.07) is 7.87. The van der Waals surface area contributed by atoms with Gasteiger partial charge in [0.05, 0.1) is 13.3 Å². The highest BCUT2D eigenvalue weighted by molar-refractivity contribution is 6.30. The second-order valence-electron chi connectivity index (χ2n) is 3.01. The molecule has 4 heteroatoms. The van der Waals surface area contributed by atoms with Crippen LogP contribution in [0.1, 0.15) is 0 Å². The lowest BCUT2D eigenvalue weighted by Gasteiger charge is -2.30. The number of nitrogens with zero attached hydrogens (tertiary/aromatic N) is 1. The Morgan fingerprint density at radius 2 is 2.00 bits per heavy atom. The molecule has 2 N–H and O–H groups in total. The number of benzene rings is 1. The summed E-state index contributed by atoms with van der Waals surface area (Å²) < 4.78 is 0. The first-order chi connectivity index (χ1) is 6.36. The first-order valence-electron chi connectivity index (χ1n) is 4.28. The molecular formula is C9H12ClN3. The number of nitrogens with one attached hydrogen (secondary N) is 2. The number of hydrogen-bond acceptors (Lipinski definition) is 3. The van der Waals surface area contributed by atoms with Crippen LogP contribution in [0.2, 0.25) is 5.02 Å². The van der Waals surface area contributed by atoms with E-state index in [2.05, 4.69) is 21.6 Å². The Labute approximate surface area is 82.7 Å². The molecule has 0 saturated carbocycles. The van der Waals surface area contributed by atoms with E-state index in [4.69, 9.17) is 11.6 Å². The van der Waals surface area contributed by atoms with Crippen molar-refractivity contribution in [3.05, 3.63) is 29.3 Å². The van der Waals surface area contributed by atoms with E-state index in [9.17, 15) is 0 Å². The van der Waals surface area contributed by atoms with Gasteiger partial charge in [-0.1, -0.05) is 17.7 Å². The van der Waals surface area contributed by atoms with Crippen molar-refractivity contribution in [3.8, 4) is 0 Å². The molecule has 0 bridgehead atoms. The molecule has 1 fully saturated rings. The zero-order valence-corrected chi connectivity index (χ0v) is 8.01. The van der Waals surface area contributed by atoms with Crippen LogP contribution in [0.15, 0.2) is 24.3 Å². The van der Waals surface area contributed by atoms with E-state index < -0.39 is 0 Å². The lowest BCUT2D eigenvalue weighted by atomic mass is 10.3. The Morgan fingerprint density at radius 3 is 2.69 bits per heavy atom. The molecule has 0 radical (unpaired) electrons. The molecule has 0 aliphatic carbocycles. The third-order valence-electron chi connectivity index (χ3n) is 2.03. The van der Waals surface area contributed by atoms with Crippen molar-refractivity contribution in [1.29, 1.82) is 0 Å². The van der Waals surface area contributed by atoms with Crippen LogP contribution < -0.4 is 15.5 Å². The van der Waals surface area contributed by atoms with Crippen molar-refractivity contribution in [2.24, 2.45) is 0 Å². The summed E-state index contributed by atoms with van der Waals surface area (Å²) in [6.07, 6.45) is 0. The molecule has 1 aromatic carbocycles. The highest BCUT2D eigenvalue weighted by Gasteiger charge is 2.08. The summed E-state index contributed by atoms with van der Waals surface area (Å²) >= 11 is 5.90. The molecule has 0 atom stereocenters. The minimum atomic E-state index is 0.781. The van der Waals surface area contributed by atoms with E-state index in [1.807, 2.05) is 18.2 Å². The summed E-state index contributed by atoms with van der Waals surface area (Å²) in [6.45, 7) is 2.61. The average Bonchev–Trinajstić information content (AvgIpc) is 2.19. The lowest BCUT2D eigenvalue weighted by molar-refractivity contribution is 0.494. The molecule has 3 nitrogen and oxygen atoms in total. The minimum absolute atomic E-state index is 0.781. The molecule has 1 aliphatic heterocycles. The molecule has 1 aliphatic rings. The highest BCUT2D eigenvalue weighted by Crippen LogP contribution is 2.18. The second-order valence-corrected chi connectivity index (χ2v) is 3.45. The van der Waals surface area contributed by atoms with Gasteiger partial charge in [0.15, 0.2) is 0 Å². The molecule has 70 valence electrons. The van der Waals surface area contributed by atoms with E-state index in [-0.39, 0.29) is 0 Å². The van der Waals surface area contributed by atoms with Crippen molar-refractivity contribution in [2.75, 3.05) is 24.9 Å². The molecule has 1 heterocycles. The Kier molecular flexibility index (Phi) is 2.68. The average molecular weight is 198 g/mol. The normalized spacial score (nSPS) is 17.5. The maximum absolute atomic E-state index is 5.90. The van der Waals surface area contributed by atoms with Crippen molar-refractivity contribution in [2.45, 2.75) is 0 Å². The SMILES string of the molecule is Clc1cccc(N2CNCNC2)c1. The predicted octanol–water partition coefficient (Wildman–Crippen LogP) is 1.21.